The van der Waals surface area contributed by atoms with Gasteiger partial charge in [0.2, 0.25) is 5.91 Å². The molecule has 2 aromatic rings. The Labute approximate surface area is 139 Å². The molecule has 0 saturated heterocycles. The first-order valence-corrected chi connectivity index (χ1v) is 9.58. The quantitative estimate of drug-likeness (QED) is 0.860. The minimum absolute atomic E-state index is 0.0799. The van der Waals surface area contributed by atoms with E-state index in [2.05, 4.69) is 10.3 Å². The smallest absolute Gasteiger partial charge is 0.234 e. The van der Waals surface area contributed by atoms with Gasteiger partial charge in [-0.1, -0.05) is 31.0 Å². The Morgan fingerprint density at radius 3 is 2.86 bits per heavy atom. The van der Waals surface area contributed by atoms with Crippen LogP contribution < -0.4 is 5.32 Å². The van der Waals surface area contributed by atoms with Gasteiger partial charge in [-0.3, -0.25) is 4.79 Å². The molecule has 0 atom stereocenters. The molecule has 1 N–H and O–H groups in total. The highest BCUT2D eigenvalue weighted by Crippen LogP contribution is 2.31. The van der Waals surface area contributed by atoms with Gasteiger partial charge in [-0.05, 0) is 25.8 Å². The highest BCUT2D eigenvalue weighted by molar-refractivity contribution is 8.00. The van der Waals surface area contributed by atoms with E-state index in [1.807, 2.05) is 36.6 Å². The van der Waals surface area contributed by atoms with E-state index >= 15 is 0 Å². The van der Waals surface area contributed by atoms with E-state index in [1.54, 1.807) is 23.1 Å². The van der Waals surface area contributed by atoms with Crippen molar-refractivity contribution in [3.05, 3.63) is 34.7 Å². The predicted octanol–water partition coefficient (Wildman–Crippen LogP) is 4.73. The molecule has 1 aromatic heterocycles. The van der Waals surface area contributed by atoms with Crippen molar-refractivity contribution in [1.82, 2.24) is 4.98 Å². The number of aryl methyl sites for hydroxylation is 1. The molecule has 0 aliphatic heterocycles. The molecule has 22 heavy (non-hydrogen) atoms. The zero-order valence-electron chi connectivity index (χ0n) is 12.7. The number of thioether (sulfide) groups is 1. The van der Waals surface area contributed by atoms with Crippen LogP contribution in [0.2, 0.25) is 0 Å². The third-order valence-electron chi connectivity index (χ3n) is 3.85. The maximum Gasteiger partial charge on any atom is 0.234 e. The number of rotatable bonds is 5. The minimum atomic E-state index is 0.0799. The van der Waals surface area contributed by atoms with Crippen LogP contribution >= 0.6 is 23.1 Å². The lowest BCUT2D eigenvalue weighted by Gasteiger charge is -2.11. The van der Waals surface area contributed by atoms with Crippen molar-refractivity contribution >= 4 is 34.7 Å². The van der Waals surface area contributed by atoms with Crippen molar-refractivity contribution in [2.75, 3.05) is 11.1 Å². The molecule has 1 heterocycles. The van der Waals surface area contributed by atoms with Crippen molar-refractivity contribution in [2.24, 2.45) is 0 Å². The maximum atomic E-state index is 12.2. The Morgan fingerprint density at radius 1 is 1.36 bits per heavy atom. The van der Waals surface area contributed by atoms with Gasteiger partial charge in [0.25, 0.3) is 0 Å². The highest BCUT2D eigenvalue weighted by Gasteiger charge is 2.17. The van der Waals surface area contributed by atoms with Crippen molar-refractivity contribution in [3.8, 4) is 11.3 Å². The van der Waals surface area contributed by atoms with Gasteiger partial charge in [0.1, 0.15) is 0 Å². The molecule has 1 aromatic carbocycles. The van der Waals surface area contributed by atoms with E-state index in [0.717, 1.165) is 22.0 Å². The number of anilines is 1. The Hall–Kier alpha value is -1.33. The van der Waals surface area contributed by atoms with Gasteiger partial charge in [-0.2, -0.15) is 0 Å². The minimum Gasteiger partial charge on any atom is -0.325 e. The van der Waals surface area contributed by atoms with Gasteiger partial charge in [0, 0.05) is 16.2 Å². The lowest BCUT2D eigenvalue weighted by atomic mass is 10.1. The van der Waals surface area contributed by atoms with Crippen molar-refractivity contribution < 1.29 is 4.79 Å². The number of para-hydroxylation sites is 1. The normalized spacial score (nSPS) is 15.1. The largest absolute Gasteiger partial charge is 0.325 e. The zero-order valence-corrected chi connectivity index (χ0v) is 14.3. The molecule has 1 fully saturated rings. The van der Waals surface area contributed by atoms with Crippen LogP contribution in [-0.2, 0) is 4.79 Å². The van der Waals surface area contributed by atoms with Gasteiger partial charge in [-0.15, -0.1) is 23.1 Å². The molecule has 1 aliphatic carbocycles. The third-order valence-corrected chi connectivity index (χ3v) is 5.99. The molecule has 3 rings (SSSR count). The summed E-state index contributed by atoms with van der Waals surface area (Å²) < 4.78 is 0. The summed E-state index contributed by atoms with van der Waals surface area (Å²) >= 11 is 3.42. The number of nitrogens with one attached hydrogen (secondary N) is 1. The molecule has 1 amide bonds. The molecule has 0 unspecified atom stereocenters. The van der Waals surface area contributed by atoms with Gasteiger partial charge in [0.05, 0.1) is 22.1 Å². The topological polar surface area (TPSA) is 42.0 Å². The Morgan fingerprint density at radius 2 is 2.14 bits per heavy atom. The van der Waals surface area contributed by atoms with Crippen LogP contribution in [-0.4, -0.2) is 21.9 Å². The number of carbonyl (C=O) groups is 1. The average molecular weight is 332 g/mol. The molecule has 0 radical (unpaired) electrons. The van der Waals surface area contributed by atoms with E-state index in [4.69, 9.17) is 0 Å². The van der Waals surface area contributed by atoms with Crippen molar-refractivity contribution in [3.63, 3.8) is 0 Å². The molecular formula is C17H20N2OS2. The Bertz CT molecular complexity index is 648. The van der Waals surface area contributed by atoms with Crippen molar-refractivity contribution in [1.29, 1.82) is 0 Å². The van der Waals surface area contributed by atoms with E-state index in [9.17, 15) is 4.79 Å². The fourth-order valence-corrected chi connectivity index (χ4v) is 4.48. The Balaban J connectivity index is 1.65. The summed E-state index contributed by atoms with van der Waals surface area (Å²) in [5.41, 5.74) is 2.78. The number of benzene rings is 1. The molecular weight excluding hydrogens is 312 g/mol. The first-order valence-electron chi connectivity index (χ1n) is 7.65. The van der Waals surface area contributed by atoms with Crippen LogP contribution in [0, 0.1) is 6.92 Å². The fraction of sp³-hybridized carbons (Fsp3) is 0.412. The average Bonchev–Trinajstić information content (AvgIpc) is 3.17. The summed E-state index contributed by atoms with van der Waals surface area (Å²) in [5.74, 6) is 0.617. The van der Waals surface area contributed by atoms with E-state index in [1.165, 1.54) is 25.7 Å². The lowest BCUT2D eigenvalue weighted by molar-refractivity contribution is -0.113. The number of amides is 1. The number of hydrogen-bond acceptors (Lipinski definition) is 4. The maximum absolute atomic E-state index is 12.2. The van der Waals surface area contributed by atoms with Gasteiger partial charge < -0.3 is 5.32 Å². The van der Waals surface area contributed by atoms with Crippen LogP contribution in [0.3, 0.4) is 0 Å². The summed E-state index contributed by atoms with van der Waals surface area (Å²) in [4.78, 5) is 16.7. The zero-order chi connectivity index (χ0) is 15.4. The molecule has 0 bridgehead atoms. The molecule has 3 nitrogen and oxygen atoms in total. The number of nitrogens with zero attached hydrogens (tertiary/aromatic N) is 1. The lowest BCUT2D eigenvalue weighted by Crippen LogP contribution is -2.16. The van der Waals surface area contributed by atoms with Gasteiger partial charge >= 0.3 is 0 Å². The van der Waals surface area contributed by atoms with Gasteiger partial charge in [-0.25, -0.2) is 4.98 Å². The van der Waals surface area contributed by atoms with Gasteiger partial charge in [0.15, 0.2) is 0 Å². The highest BCUT2D eigenvalue weighted by atomic mass is 32.2. The number of aromatic nitrogens is 1. The van der Waals surface area contributed by atoms with Crippen LogP contribution in [0.15, 0.2) is 29.6 Å². The predicted molar refractivity (Wildman–Crippen MR) is 95.6 cm³/mol. The second-order valence-corrected chi connectivity index (χ2v) is 7.91. The fourth-order valence-electron chi connectivity index (χ4n) is 2.74. The Kier molecular flexibility index (Phi) is 5.16. The number of thiazole rings is 1. The standard InChI is InChI=1S/C17H20N2OS2/c1-12-18-16(10-21-12)14-8-4-5-9-15(14)19-17(20)11-22-13-6-2-3-7-13/h4-5,8-10,13H,2-3,6-7,11H2,1H3,(H,19,20). The van der Waals surface area contributed by atoms with Crippen LogP contribution in [0.5, 0.6) is 0 Å². The summed E-state index contributed by atoms with van der Waals surface area (Å²) in [6, 6.07) is 7.88. The van der Waals surface area contributed by atoms with Crippen LogP contribution in [0.25, 0.3) is 11.3 Å². The molecule has 1 aliphatic rings. The first-order chi connectivity index (χ1) is 10.7. The second kappa shape index (κ2) is 7.29. The summed E-state index contributed by atoms with van der Waals surface area (Å²) in [5, 5.41) is 6.79. The summed E-state index contributed by atoms with van der Waals surface area (Å²) in [6.07, 6.45) is 5.13. The monoisotopic (exact) mass is 332 g/mol. The third kappa shape index (κ3) is 3.90. The molecule has 1 saturated carbocycles. The van der Waals surface area contributed by atoms with E-state index < -0.39 is 0 Å². The second-order valence-electron chi connectivity index (χ2n) is 5.56. The molecule has 0 spiro atoms. The van der Waals surface area contributed by atoms with Crippen LogP contribution in [0.4, 0.5) is 5.69 Å². The number of hydrogen-bond donors (Lipinski definition) is 1. The first kappa shape index (κ1) is 15.6. The van der Waals surface area contributed by atoms with Crippen LogP contribution in [0.1, 0.15) is 30.7 Å². The summed E-state index contributed by atoms with van der Waals surface area (Å²) in [7, 11) is 0. The molecule has 116 valence electrons. The number of carbonyl (C=O) groups excluding carboxylic acids is 1. The van der Waals surface area contributed by atoms with Crippen molar-refractivity contribution in [2.45, 2.75) is 37.9 Å². The van der Waals surface area contributed by atoms with E-state index in [-0.39, 0.29) is 5.91 Å². The SMILES string of the molecule is Cc1nc(-c2ccccc2NC(=O)CSC2CCCC2)cs1. The molecule has 5 heteroatoms. The van der Waals surface area contributed by atoms with E-state index in [0.29, 0.717) is 11.0 Å². The summed E-state index contributed by atoms with van der Waals surface area (Å²) in [6.45, 7) is 1.99.